The molecule has 8 nitrogen and oxygen atoms in total. The fraction of sp³-hybridized carbons (Fsp3) is 0.280. The first-order valence-corrected chi connectivity index (χ1v) is 11.2. The van der Waals surface area contributed by atoms with Gasteiger partial charge in [-0.1, -0.05) is 36.4 Å². The van der Waals surface area contributed by atoms with E-state index in [0.717, 1.165) is 43.2 Å². The van der Waals surface area contributed by atoms with Gasteiger partial charge in [-0.25, -0.2) is 0 Å². The van der Waals surface area contributed by atoms with E-state index in [4.69, 9.17) is 0 Å². The highest BCUT2D eigenvalue weighted by Crippen LogP contribution is 2.24. The zero-order valence-corrected chi connectivity index (χ0v) is 18.6. The number of rotatable bonds is 6. The van der Waals surface area contributed by atoms with Gasteiger partial charge in [0.1, 0.15) is 0 Å². The molecule has 4 aromatic rings. The van der Waals surface area contributed by atoms with Gasteiger partial charge >= 0.3 is 0 Å². The third kappa shape index (κ3) is 4.76. The van der Waals surface area contributed by atoms with Crippen molar-refractivity contribution in [2.45, 2.75) is 19.1 Å². The first-order chi connectivity index (χ1) is 16.2. The Morgan fingerprint density at radius 1 is 1.03 bits per heavy atom. The maximum atomic E-state index is 12.8. The molecule has 4 heterocycles. The molecule has 33 heavy (non-hydrogen) atoms. The highest BCUT2D eigenvalue weighted by molar-refractivity contribution is 5.94. The number of amides is 1. The van der Waals surface area contributed by atoms with Crippen LogP contribution in [0.4, 0.5) is 0 Å². The van der Waals surface area contributed by atoms with Gasteiger partial charge in [0.2, 0.25) is 0 Å². The number of nitrogens with one attached hydrogen (secondary N) is 1. The number of pyridine rings is 2. The molecule has 0 spiro atoms. The molecular weight excluding hydrogens is 414 g/mol. The van der Waals surface area contributed by atoms with Crippen molar-refractivity contribution in [3.63, 3.8) is 0 Å². The minimum atomic E-state index is -0.136. The Hall–Kier alpha value is -3.62. The van der Waals surface area contributed by atoms with Crippen LogP contribution in [0.2, 0.25) is 0 Å². The van der Waals surface area contributed by atoms with E-state index < -0.39 is 0 Å². The molecule has 5 rings (SSSR count). The van der Waals surface area contributed by atoms with Crippen LogP contribution < -0.4 is 5.32 Å². The van der Waals surface area contributed by atoms with Crippen LogP contribution in [0.5, 0.6) is 0 Å². The normalized spacial score (nSPS) is 17.3. The van der Waals surface area contributed by atoms with Crippen molar-refractivity contribution >= 4 is 11.6 Å². The molecule has 1 amide bonds. The van der Waals surface area contributed by atoms with Crippen molar-refractivity contribution in [2.75, 3.05) is 26.7 Å². The van der Waals surface area contributed by atoms with Gasteiger partial charge in [-0.15, -0.1) is 10.2 Å². The van der Waals surface area contributed by atoms with Crippen LogP contribution in [0, 0.1) is 0 Å². The summed E-state index contributed by atoms with van der Waals surface area (Å²) in [5.74, 6) is 0.718. The van der Waals surface area contributed by atoms with Gasteiger partial charge in [-0.2, -0.15) is 0 Å². The maximum Gasteiger partial charge on any atom is 0.253 e. The lowest BCUT2D eigenvalue weighted by Gasteiger charge is -2.38. The SMILES string of the molecule is CN1CCN(Cc2ccccc2)C[C@H]1c1nnc2ccc(C(=O)NCc3cccnc3)cn12. The van der Waals surface area contributed by atoms with Crippen molar-refractivity contribution in [2.24, 2.45) is 0 Å². The van der Waals surface area contributed by atoms with E-state index in [1.54, 1.807) is 18.5 Å². The highest BCUT2D eigenvalue weighted by Gasteiger charge is 2.29. The van der Waals surface area contributed by atoms with E-state index in [9.17, 15) is 4.79 Å². The Morgan fingerprint density at radius 2 is 1.88 bits per heavy atom. The quantitative estimate of drug-likeness (QED) is 0.496. The molecule has 1 saturated heterocycles. The number of fused-ring (bicyclic) bond motifs is 1. The fourth-order valence-electron chi connectivity index (χ4n) is 4.25. The molecule has 1 aromatic carbocycles. The molecule has 0 bridgehead atoms. The summed E-state index contributed by atoms with van der Waals surface area (Å²) in [5, 5.41) is 11.8. The second-order valence-corrected chi connectivity index (χ2v) is 8.47. The van der Waals surface area contributed by atoms with Gasteiger partial charge in [0.05, 0.1) is 11.6 Å². The number of nitrogens with zero attached hydrogens (tertiary/aromatic N) is 6. The largest absolute Gasteiger partial charge is 0.348 e. The van der Waals surface area contributed by atoms with Crippen molar-refractivity contribution in [1.29, 1.82) is 0 Å². The van der Waals surface area contributed by atoms with Crippen LogP contribution in [0.3, 0.4) is 0 Å². The Morgan fingerprint density at radius 3 is 2.70 bits per heavy atom. The highest BCUT2D eigenvalue weighted by atomic mass is 16.1. The lowest BCUT2D eigenvalue weighted by atomic mass is 10.1. The van der Waals surface area contributed by atoms with Gasteiger partial charge in [0.15, 0.2) is 11.5 Å². The van der Waals surface area contributed by atoms with Crippen molar-refractivity contribution in [3.05, 3.63) is 95.7 Å². The molecule has 1 atom stereocenters. The van der Waals surface area contributed by atoms with E-state index in [0.29, 0.717) is 12.1 Å². The first kappa shape index (κ1) is 21.2. The lowest BCUT2D eigenvalue weighted by Crippen LogP contribution is -2.46. The molecule has 0 unspecified atom stereocenters. The second-order valence-electron chi connectivity index (χ2n) is 8.47. The van der Waals surface area contributed by atoms with Crippen LogP contribution in [0.15, 0.2) is 73.2 Å². The number of carbonyl (C=O) groups excluding carboxylic acids is 1. The van der Waals surface area contributed by atoms with Crippen LogP contribution in [0.1, 0.15) is 33.4 Å². The van der Waals surface area contributed by atoms with Crippen LogP contribution in [0.25, 0.3) is 5.65 Å². The molecule has 1 fully saturated rings. The Kier molecular flexibility index (Phi) is 6.10. The Bertz CT molecular complexity index is 1230. The molecule has 3 aromatic heterocycles. The summed E-state index contributed by atoms with van der Waals surface area (Å²) in [7, 11) is 2.12. The van der Waals surface area contributed by atoms with Gasteiger partial charge in [-0.05, 0) is 36.4 Å². The maximum absolute atomic E-state index is 12.8. The van der Waals surface area contributed by atoms with Gasteiger partial charge < -0.3 is 5.32 Å². The zero-order chi connectivity index (χ0) is 22.6. The number of benzene rings is 1. The van der Waals surface area contributed by atoms with Crippen molar-refractivity contribution < 1.29 is 4.79 Å². The summed E-state index contributed by atoms with van der Waals surface area (Å²) in [6, 6.07) is 18.1. The molecule has 168 valence electrons. The number of carbonyl (C=O) groups is 1. The molecule has 0 aliphatic carbocycles. The summed E-state index contributed by atoms with van der Waals surface area (Å²) < 4.78 is 1.95. The van der Waals surface area contributed by atoms with Gasteiger partial charge in [-0.3, -0.25) is 24.0 Å². The predicted octanol–water partition coefficient (Wildman–Crippen LogP) is 2.54. The monoisotopic (exact) mass is 441 g/mol. The van der Waals surface area contributed by atoms with Crippen LogP contribution >= 0.6 is 0 Å². The summed E-state index contributed by atoms with van der Waals surface area (Å²) in [6.45, 7) is 4.13. The second kappa shape index (κ2) is 9.48. The molecule has 1 aliphatic heterocycles. The summed E-state index contributed by atoms with van der Waals surface area (Å²) in [5.41, 5.74) is 3.58. The molecule has 1 N–H and O–H groups in total. The molecule has 0 saturated carbocycles. The van der Waals surface area contributed by atoms with Gasteiger partial charge in [0, 0.05) is 51.3 Å². The van der Waals surface area contributed by atoms with E-state index in [1.165, 1.54) is 5.56 Å². The Labute approximate surface area is 192 Å². The smallest absolute Gasteiger partial charge is 0.253 e. The molecule has 1 aliphatic rings. The van der Waals surface area contributed by atoms with Crippen LogP contribution in [-0.2, 0) is 13.1 Å². The summed E-state index contributed by atoms with van der Waals surface area (Å²) in [4.78, 5) is 21.6. The topological polar surface area (TPSA) is 78.7 Å². The molecule has 0 radical (unpaired) electrons. The number of hydrogen-bond donors (Lipinski definition) is 1. The average molecular weight is 442 g/mol. The van der Waals surface area contributed by atoms with E-state index in [-0.39, 0.29) is 11.9 Å². The minimum absolute atomic E-state index is 0.0890. The number of piperazine rings is 1. The van der Waals surface area contributed by atoms with Crippen LogP contribution in [-0.4, -0.2) is 62.0 Å². The van der Waals surface area contributed by atoms with E-state index in [1.807, 2.05) is 34.9 Å². The lowest BCUT2D eigenvalue weighted by molar-refractivity contribution is 0.0852. The minimum Gasteiger partial charge on any atom is -0.348 e. The summed E-state index contributed by atoms with van der Waals surface area (Å²) >= 11 is 0. The third-order valence-corrected chi connectivity index (χ3v) is 6.15. The number of hydrogen-bond acceptors (Lipinski definition) is 6. The number of likely N-dealkylation sites (N-methyl/N-ethyl adjacent to an activating group) is 1. The van der Waals surface area contributed by atoms with Crippen molar-refractivity contribution in [1.82, 2.24) is 34.7 Å². The average Bonchev–Trinajstić information content (AvgIpc) is 3.28. The van der Waals surface area contributed by atoms with E-state index in [2.05, 4.69) is 61.6 Å². The fourth-order valence-corrected chi connectivity index (χ4v) is 4.25. The predicted molar refractivity (Wildman–Crippen MR) is 125 cm³/mol. The zero-order valence-electron chi connectivity index (χ0n) is 18.6. The molecule has 8 heteroatoms. The standard InChI is InChI=1S/C25H27N7O/c1-30-12-13-31(16-19-6-3-2-4-7-19)18-22(30)24-29-28-23-10-9-21(17-32(23)24)25(33)27-15-20-8-5-11-26-14-20/h2-11,14,17,22H,12-13,15-16,18H2,1H3,(H,27,33)/t22-/m0/s1. The Balaban J connectivity index is 1.34. The van der Waals surface area contributed by atoms with Gasteiger partial charge in [0.25, 0.3) is 5.91 Å². The number of aromatic nitrogens is 4. The van der Waals surface area contributed by atoms with Crippen molar-refractivity contribution in [3.8, 4) is 0 Å². The molecular formula is C25H27N7O. The summed E-state index contributed by atoms with van der Waals surface area (Å²) in [6.07, 6.45) is 5.31. The first-order valence-electron chi connectivity index (χ1n) is 11.2. The third-order valence-electron chi connectivity index (χ3n) is 6.15. The van der Waals surface area contributed by atoms with E-state index >= 15 is 0 Å².